The van der Waals surface area contributed by atoms with Gasteiger partial charge in [-0.15, -0.1) is 0 Å². The van der Waals surface area contributed by atoms with Crippen molar-refractivity contribution in [2.45, 2.75) is 44.1 Å². The molecular formula is C21H27BrN4OS. The Bertz CT molecular complexity index is 829. The van der Waals surface area contributed by atoms with Crippen LogP contribution in [0.2, 0.25) is 0 Å². The van der Waals surface area contributed by atoms with Crippen LogP contribution in [-0.2, 0) is 0 Å². The van der Waals surface area contributed by atoms with Crippen LogP contribution in [0.4, 0.5) is 5.13 Å². The van der Waals surface area contributed by atoms with Crippen molar-refractivity contribution < 1.29 is 4.74 Å². The normalized spacial score (nSPS) is 25.2. The van der Waals surface area contributed by atoms with Crippen LogP contribution in [0.1, 0.15) is 43.6 Å². The lowest BCUT2D eigenvalue weighted by molar-refractivity contribution is 0.131. The van der Waals surface area contributed by atoms with Crippen molar-refractivity contribution in [3.63, 3.8) is 0 Å². The molecule has 0 bridgehead atoms. The molecule has 3 aliphatic rings. The summed E-state index contributed by atoms with van der Waals surface area (Å²) >= 11 is 4.87. The van der Waals surface area contributed by atoms with Crippen molar-refractivity contribution in [3.8, 4) is 5.75 Å². The zero-order valence-corrected chi connectivity index (χ0v) is 18.7. The molecule has 0 N–H and O–H groups in total. The summed E-state index contributed by atoms with van der Waals surface area (Å²) in [6, 6.07) is 9.32. The number of ether oxygens (including phenoxy) is 1. The number of likely N-dealkylation sites (tertiary alicyclic amines) is 1. The molecule has 1 aromatic heterocycles. The molecule has 0 radical (unpaired) electrons. The van der Waals surface area contributed by atoms with Crippen LogP contribution in [0.3, 0.4) is 0 Å². The number of para-hydroxylation sites is 1. The van der Waals surface area contributed by atoms with E-state index in [-0.39, 0.29) is 0 Å². The Morgan fingerprint density at radius 2 is 1.96 bits per heavy atom. The fraction of sp³-hybridized carbons (Fsp3) is 0.619. The van der Waals surface area contributed by atoms with Crippen LogP contribution in [-0.4, -0.2) is 53.6 Å². The molecule has 150 valence electrons. The van der Waals surface area contributed by atoms with E-state index in [4.69, 9.17) is 4.74 Å². The molecule has 2 saturated heterocycles. The SMILES string of the molecule is COc1ccccc1C1CCN([C@@H]2CCC3(C2)CN(c2nc(Br)ns2)C3)CC1. The van der Waals surface area contributed by atoms with E-state index < -0.39 is 0 Å². The first kappa shape index (κ1) is 18.8. The molecule has 5 rings (SSSR count). The fourth-order valence-corrected chi connectivity index (χ4v) is 6.65. The standard InChI is InChI=1S/C21H27BrN4OS/c1-27-18-5-3-2-4-17(18)15-7-10-25(11-8-15)16-6-9-21(12-16)13-26(14-21)20-23-19(22)24-28-20/h2-5,15-16H,6-14H2,1H3/t16-/m1/s1. The summed E-state index contributed by atoms with van der Waals surface area (Å²) in [6.07, 6.45) is 6.56. The molecule has 1 aliphatic carbocycles. The predicted octanol–water partition coefficient (Wildman–Crippen LogP) is 4.55. The highest BCUT2D eigenvalue weighted by atomic mass is 79.9. The Hall–Kier alpha value is -1.18. The van der Waals surface area contributed by atoms with Gasteiger partial charge < -0.3 is 14.5 Å². The van der Waals surface area contributed by atoms with Crippen molar-refractivity contribution in [3.05, 3.63) is 34.6 Å². The number of benzene rings is 1. The number of piperidine rings is 1. The molecule has 2 aromatic rings. The number of hydrogen-bond acceptors (Lipinski definition) is 6. The average molecular weight is 463 g/mol. The quantitative estimate of drug-likeness (QED) is 0.666. The maximum absolute atomic E-state index is 5.59. The second-order valence-corrected chi connectivity index (χ2v) is 10.1. The minimum atomic E-state index is 0.516. The first-order valence-corrected chi connectivity index (χ1v) is 11.8. The third-order valence-corrected chi connectivity index (χ3v) is 8.38. The Labute approximate surface area is 179 Å². The van der Waals surface area contributed by atoms with Crippen LogP contribution >= 0.6 is 27.5 Å². The van der Waals surface area contributed by atoms with Gasteiger partial charge in [0.1, 0.15) is 5.75 Å². The summed E-state index contributed by atoms with van der Waals surface area (Å²) in [5, 5.41) is 1.07. The van der Waals surface area contributed by atoms with Gasteiger partial charge in [-0.05, 0) is 78.7 Å². The zero-order valence-electron chi connectivity index (χ0n) is 16.3. The van der Waals surface area contributed by atoms with Gasteiger partial charge in [-0.1, -0.05) is 18.2 Å². The highest BCUT2D eigenvalue weighted by Gasteiger charge is 2.50. The van der Waals surface area contributed by atoms with Crippen molar-refractivity contribution in [1.29, 1.82) is 0 Å². The summed E-state index contributed by atoms with van der Waals surface area (Å²) in [4.78, 5) is 9.65. The van der Waals surface area contributed by atoms with Gasteiger partial charge in [0, 0.05) is 36.1 Å². The van der Waals surface area contributed by atoms with Crippen LogP contribution in [0.25, 0.3) is 0 Å². The number of nitrogens with zero attached hydrogens (tertiary/aromatic N) is 4. The van der Waals surface area contributed by atoms with Crippen LogP contribution < -0.4 is 9.64 Å². The summed E-state index contributed by atoms with van der Waals surface area (Å²) in [6.45, 7) is 4.75. The van der Waals surface area contributed by atoms with Crippen LogP contribution in [0, 0.1) is 5.41 Å². The third kappa shape index (κ3) is 3.46. The molecule has 3 heterocycles. The number of methoxy groups -OCH3 is 1. The molecule has 2 aliphatic heterocycles. The van der Waals surface area contributed by atoms with Crippen molar-refractivity contribution in [1.82, 2.24) is 14.3 Å². The molecule has 5 nitrogen and oxygen atoms in total. The number of rotatable bonds is 4. The van der Waals surface area contributed by atoms with Gasteiger partial charge in [0.05, 0.1) is 7.11 Å². The van der Waals surface area contributed by atoms with E-state index in [2.05, 4.69) is 59.4 Å². The van der Waals surface area contributed by atoms with Gasteiger partial charge in [-0.25, -0.2) is 0 Å². The zero-order chi connectivity index (χ0) is 19.1. The van der Waals surface area contributed by atoms with Crippen molar-refractivity contribution in [2.75, 3.05) is 38.2 Å². The smallest absolute Gasteiger partial charge is 0.210 e. The lowest BCUT2D eigenvalue weighted by atomic mass is 9.78. The molecule has 0 unspecified atom stereocenters. The Morgan fingerprint density at radius 1 is 1.18 bits per heavy atom. The van der Waals surface area contributed by atoms with Gasteiger partial charge in [0.15, 0.2) is 0 Å². The Morgan fingerprint density at radius 3 is 2.68 bits per heavy atom. The third-order valence-electron chi connectivity index (χ3n) is 7.01. The van der Waals surface area contributed by atoms with Gasteiger partial charge in [0.2, 0.25) is 9.87 Å². The van der Waals surface area contributed by atoms with Crippen LogP contribution in [0.15, 0.2) is 29.0 Å². The van der Waals surface area contributed by atoms with Crippen molar-refractivity contribution in [2.24, 2.45) is 5.41 Å². The minimum Gasteiger partial charge on any atom is -0.496 e. The van der Waals surface area contributed by atoms with E-state index in [1.807, 2.05) is 0 Å². The minimum absolute atomic E-state index is 0.516. The number of hydrogen-bond donors (Lipinski definition) is 0. The Balaban J connectivity index is 1.15. The van der Waals surface area contributed by atoms with E-state index in [1.165, 1.54) is 62.3 Å². The van der Waals surface area contributed by atoms with Crippen LogP contribution in [0.5, 0.6) is 5.75 Å². The number of anilines is 1. The molecule has 1 saturated carbocycles. The van der Waals surface area contributed by atoms with E-state index >= 15 is 0 Å². The largest absolute Gasteiger partial charge is 0.496 e. The van der Waals surface area contributed by atoms with Gasteiger partial charge in [-0.2, -0.15) is 9.36 Å². The van der Waals surface area contributed by atoms with E-state index in [9.17, 15) is 0 Å². The number of aromatic nitrogens is 2. The molecular weight excluding hydrogens is 436 g/mol. The molecule has 1 atom stereocenters. The van der Waals surface area contributed by atoms with E-state index in [0.717, 1.165) is 34.7 Å². The van der Waals surface area contributed by atoms with E-state index in [1.54, 1.807) is 7.11 Å². The highest BCUT2D eigenvalue weighted by molar-refractivity contribution is 9.10. The summed E-state index contributed by atoms with van der Waals surface area (Å²) in [7, 11) is 1.79. The lowest BCUT2D eigenvalue weighted by Crippen LogP contribution is -2.56. The molecule has 1 aromatic carbocycles. The fourth-order valence-electron chi connectivity index (χ4n) is 5.58. The maximum atomic E-state index is 5.59. The second kappa shape index (κ2) is 7.58. The average Bonchev–Trinajstić information content (AvgIpc) is 3.34. The van der Waals surface area contributed by atoms with Gasteiger partial charge in [-0.3, -0.25) is 0 Å². The van der Waals surface area contributed by atoms with E-state index in [0.29, 0.717) is 11.3 Å². The first-order chi connectivity index (χ1) is 13.7. The maximum Gasteiger partial charge on any atom is 0.210 e. The molecule has 7 heteroatoms. The second-order valence-electron chi connectivity index (χ2n) is 8.65. The molecule has 3 fully saturated rings. The summed E-state index contributed by atoms with van der Waals surface area (Å²) in [5.74, 6) is 1.69. The highest BCUT2D eigenvalue weighted by Crippen LogP contribution is 2.49. The topological polar surface area (TPSA) is 41.5 Å². The summed E-state index contributed by atoms with van der Waals surface area (Å²) in [5.41, 5.74) is 1.91. The Kier molecular flexibility index (Phi) is 5.09. The van der Waals surface area contributed by atoms with Gasteiger partial charge >= 0.3 is 0 Å². The molecule has 28 heavy (non-hydrogen) atoms. The molecule has 0 amide bonds. The summed E-state index contributed by atoms with van der Waals surface area (Å²) < 4.78 is 10.6. The number of halogens is 1. The monoisotopic (exact) mass is 462 g/mol. The first-order valence-electron chi connectivity index (χ1n) is 10.3. The predicted molar refractivity (Wildman–Crippen MR) is 116 cm³/mol. The van der Waals surface area contributed by atoms with Gasteiger partial charge in [0.25, 0.3) is 0 Å². The lowest BCUT2D eigenvalue weighted by Gasteiger charge is -2.48. The molecule has 1 spiro atoms. The van der Waals surface area contributed by atoms with Crippen molar-refractivity contribution >= 4 is 32.6 Å².